The third-order valence-corrected chi connectivity index (χ3v) is 11.5. The predicted molar refractivity (Wildman–Crippen MR) is 170 cm³/mol. The summed E-state index contributed by atoms with van der Waals surface area (Å²) < 4.78 is 39.2. The first-order chi connectivity index (χ1) is 22.4. The van der Waals surface area contributed by atoms with Crippen LogP contribution < -0.4 is 15.1 Å². The Morgan fingerprint density at radius 3 is 2.28 bits per heavy atom. The number of amides is 4. The normalized spacial score (nSPS) is 25.8. The number of nitrogens with one attached hydrogen (secondary N) is 1. The molecule has 4 aliphatic heterocycles. The average molecular weight is 668 g/mol. The van der Waals surface area contributed by atoms with Crippen LogP contribution in [0, 0.1) is 5.92 Å². The first-order valence-electron chi connectivity index (χ1n) is 16.2. The van der Waals surface area contributed by atoms with Gasteiger partial charge in [0.1, 0.15) is 18.3 Å². The fraction of sp³-hybridized carbons (Fsp3) is 0.515. The Morgan fingerprint density at radius 2 is 1.60 bits per heavy atom. The molecule has 0 saturated carbocycles. The Kier molecular flexibility index (Phi) is 8.08. The predicted octanol–water partition coefficient (Wildman–Crippen LogP) is 1.46. The number of nitrogens with zero attached hydrogens (tertiary/aromatic N) is 4. The molecule has 1 unspecified atom stereocenters. The molecule has 0 radical (unpaired) electrons. The third-order valence-electron chi connectivity index (χ3n) is 10.4. The molecule has 14 heteroatoms. The zero-order valence-electron chi connectivity index (χ0n) is 26.2. The lowest BCUT2D eigenvalue weighted by Gasteiger charge is -2.40. The van der Waals surface area contributed by atoms with Crippen molar-refractivity contribution in [3.63, 3.8) is 0 Å². The maximum Gasteiger partial charge on any atom is 0.262 e. The molecule has 2 aromatic rings. The number of rotatable bonds is 6. The van der Waals surface area contributed by atoms with Gasteiger partial charge in [0.05, 0.1) is 16.0 Å². The molecule has 5 aliphatic rings. The molecule has 0 aromatic heterocycles. The maximum atomic E-state index is 14.6. The number of aliphatic hydroxyl groups excluding tert-OH is 1. The van der Waals surface area contributed by atoms with Crippen molar-refractivity contribution in [2.24, 2.45) is 5.92 Å². The summed E-state index contributed by atoms with van der Waals surface area (Å²) >= 11 is 0. The van der Waals surface area contributed by atoms with Gasteiger partial charge in [0, 0.05) is 81.8 Å². The largest absolute Gasteiger partial charge is 0.385 e. The van der Waals surface area contributed by atoms with Crippen LogP contribution in [0.25, 0.3) is 0 Å². The van der Waals surface area contributed by atoms with E-state index < -0.39 is 51.8 Å². The van der Waals surface area contributed by atoms with E-state index in [9.17, 15) is 37.1 Å². The molecule has 0 spiro atoms. The van der Waals surface area contributed by atoms with Crippen LogP contribution in [0.2, 0.25) is 0 Å². The molecule has 0 bridgehead atoms. The summed E-state index contributed by atoms with van der Waals surface area (Å²) in [5, 5.41) is 12.7. The van der Waals surface area contributed by atoms with Gasteiger partial charge in [-0.15, -0.1) is 0 Å². The molecule has 4 heterocycles. The summed E-state index contributed by atoms with van der Waals surface area (Å²) in [6, 6.07) is 7.49. The number of imide groups is 2. The van der Waals surface area contributed by atoms with Gasteiger partial charge in [-0.3, -0.25) is 34.3 Å². The van der Waals surface area contributed by atoms with Crippen molar-refractivity contribution in [2.45, 2.75) is 55.3 Å². The molecule has 4 amide bonds. The van der Waals surface area contributed by atoms with Crippen LogP contribution >= 0.6 is 0 Å². The molecular weight excluding hydrogens is 629 g/mol. The second-order valence-electron chi connectivity index (χ2n) is 13.3. The van der Waals surface area contributed by atoms with E-state index in [1.54, 1.807) is 18.2 Å². The van der Waals surface area contributed by atoms with Crippen LogP contribution in [0.1, 0.15) is 63.6 Å². The molecule has 2 N–H and O–H groups in total. The molecule has 3 atom stereocenters. The number of anilines is 2. The van der Waals surface area contributed by atoms with E-state index >= 15 is 0 Å². The highest BCUT2D eigenvalue weighted by Crippen LogP contribution is 2.43. The zero-order valence-corrected chi connectivity index (χ0v) is 27.0. The van der Waals surface area contributed by atoms with E-state index in [0.29, 0.717) is 11.5 Å². The lowest BCUT2D eigenvalue weighted by atomic mass is 9.94. The Bertz CT molecular complexity index is 1770. The first kappa shape index (κ1) is 31.7. The fourth-order valence-corrected chi connectivity index (χ4v) is 8.80. The average Bonchev–Trinajstić information content (AvgIpc) is 3.48. The van der Waals surface area contributed by atoms with Gasteiger partial charge in [0.25, 0.3) is 11.8 Å². The van der Waals surface area contributed by atoms with Crippen molar-refractivity contribution in [2.75, 3.05) is 61.9 Å². The number of hydrogen-bond acceptors (Lipinski definition) is 10. The molecule has 3 saturated heterocycles. The number of hydrogen-bond donors (Lipinski definition) is 2. The second kappa shape index (κ2) is 12.0. The van der Waals surface area contributed by atoms with Crippen LogP contribution in [0.3, 0.4) is 0 Å². The number of halogens is 1. The highest BCUT2D eigenvalue weighted by Gasteiger charge is 2.45. The Hall–Kier alpha value is -3.88. The van der Waals surface area contributed by atoms with Gasteiger partial charge in [-0.2, -0.15) is 0 Å². The molecule has 7 rings (SSSR count). The van der Waals surface area contributed by atoms with E-state index in [1.165, 1.54) is 6.07 Å². The number of alkyl halides is 1. The van der Waals surface area contributed by atoms with Crippen LogP contribution in [-0.4, -0.2) is 111 Å². The highest BCUT2D eigenvalue weighted by atomic mass is 32.2. The van der Waals surface area contributed by atoms with E-state index in [2.05, 4.69) is 20.0 Å². The maximum absolute atomic E-state index is 14.6. The summed E-state index contributed by atoms with van der Waals surface area (Å²) in [7, 11) is -3.60. The van der Waals surface area contributed by atoms with Crippen LogP contribution in [-0.2, 0) is 25.8 Å². The number of fused-ring (bicyclic) bond motifs is 2. The van der Waals surface area contributed by atoms with Crippen LogP contribution in [0.4, 0.5) is 15.8 Å². The minimum absolute atomic E-state index is 0.00613. The quantitative estimate of drug-likeness (QED) is 0.434. The monoisotopic (exact) mass is 667 g/mol. The van der Waals surface area contributed by atoms with Crippen LogP contribution in [0.5, 0.6) is 0 Å². The van der Waals surface area contributed by atoms with E-state index in [4.69, 9.17) is 0 Å². The van der Waals surface area contributed by atoms with Gasteiger partial charge in [-0.25, -0.2) is 12.8 Å². The lowest BCUT2D eigenvalue weighted by molar-refractivity contribution is -0.136. The molecule has 12 nitrogen and oxygen atoms in total. The third kappa shape index (κ3) is 5.69. The van der Waals surface area contributed by atoms with E-state index in [1.807, 2.05) is 6.07 Å². The summed E-state index contributed by atoms with van der Waals surface area (Å²) in [5.41, 5.74) is 3.02. The Labute approximate surface area is 272 Å². The molecule has 3 fully saturated rings. The number of sulfone groups is 1. The number of benzene rings is 2. The van der Waals surface area contributed by atoms with E-state index in [0.717, 1.165) is 81.2 Å². The summed E-state index contributed by atoms with van der Waals surface area (Å²) in [6.07, 6.45) is 0.213. The Balaban J connectivity index is 0.942. The highest BCUT2D eigenvalue weighted by molar-refractivity contribution is 7.90. The molecule has 47 heavy (non-hydrogen) atoms. The minimum Gasteiger partial charge on any atom is -0.385 e. The Morgan fingerprint density at radius 1 is 0.894 bits per heavy atom. The van der Waals surface area contributed by atoms with Crippen LogP contribution in [0.15, 0.2) is 35.2 Å². The van der Waals surface area contributed by atoms with Crippen molar-refractivity contribution in [3.05, 3.63) is 52.6 Å². The molecular formula is C33H38FN5O7S. The number of piperazine rings is 1. The smallest absolute Gasteiger partial charge is 0.262 e. The lowest BCUT2D eigenvalue weighted by Crippen LogP contribution is -2.54. The molecule has 1 aliphatic carbocycles. The summed E-state index contributed by atoms with van der Waals surface area (Å²) in [6.45, 7) is 5.65. The topological polar surface area (TPSA) is 148 Å². The number of piperidine rings is 2. The number of carbonyl (C=O) groups is 4. The van der Waals surface area contributed by atoms with Gasteiger partial charge >= 0.3 is 0 Å². The number of aliphatic hydroxyl groups is 1. The summed E-state index contributed by atoms with van der Waals surface area (Å²) in [4.78, 5) is 58.0. The number of carbonyl (C=O) groups excluding carboxylic acids is 4. The van der Waals surface area contributed by atoms with Gasteiger partial charge in [-0.1, -0.05) is 0 Å². The van der Waals surface area contributed by atoms with Crippen molar-refractivity contribution in [3.8, 4) is 0 Å². The van der Waals surface area contributed by atoms with Crippen molar-refractivity contribution >= 4 is 44.8 Å². The van der Waals surface area contributed by atoms with Gasteiger partial charge in [-0.05, 0) is 61.1 Å². The minimum atomic E-state index is -3.60. The summed E-state index contributed by atoms with van der Waals surface area (Å²) in [5.74, 6) is -1.58. The van der Waals surface area contributed by atoms with Gasteiger partial charge in [0.15, 0.2) is 9.84 Å². The second-order valence-corrected chi connectivity index (χ2v) is 15.3. The van der Waals surface area contributed by atoms with Gasteiger partial charge < -0.3 is 14.9 Å². The molecule has 2 aromatic carbocycles. The van der Waals surface area contributed by atoms with E-state index in [-0.39, 0.29) is 40.8 Å². The fourth-order valence-electron chi connectivity index (χ4n) is 7.84. The SMILES string of the molecule is CS(=O)(=O)c1ccc(N2CCC(CN3CCN(c4ccc5c(c4)C(=O)N(C4CCC(=O)NC4=O)C5=O)CC3)CC2)c2c1[C@H](O)[C@H](F)C2. The van der Waals surface area contributed by atoms with Gasteiger partial charge in [0.2, 0.25) is 11.8 Å². The van der Waals surface area contributed by atoms with Crippen molar-refractivity contribution in [1.82, 2.24) is 15.1 Å². The standard InChI is InChI=1S/C33H38FN5O7S/c1-47(45,46)27-6-4-25(23-17-24(34)30(41)29(23)27)38-10-8-19(9-11-38)18-36-12-14-37(15-13-36)20-2-3-21-22(16-20)33(44)39(32(21)43)26-5-7-28(40)35-31(26)42/h2-4,6,16,19,24,26,30,41H,5,7-15,17-18H2,1H3,(H,35,40,42)/t24-,26?,30-/m1/s1. The van der Waals surface area contributed by atoms with Crippen molar-refractivity contribution < 1.29 is 37.1 Å². The van der Waals surface area contributed by atoms with Crippen molar-refractivity contribution in [1.29, 1.82) is 0 Å². The molecule has 250 valence electrons. The zero-order chi connectivity index (χ0) is 33.2. The first-order valence-corrected chi connectivity index (χ1v) is 18.1.